The van der Waals surface area contributed by atoms with Gasteiger partial charge >= 0.3 is 5.97 Å². The molecule has 0 saturated carbocycles. The number of carbonyl (C=O) groups is 4. The molecule has 3 amide bonds. The van der Waals surface area contributed by atoms with Crippen LogP contribution in [0.25, 0.3) is 0 Å². The molecule has 2 heterocycles. The van der Waals surface area contributed by atoms with Gasteiger partial charge in [0, 0.05) is 30.9 Å². The van der Waals surface area contributed by atoms with Gasteiger partial charge in [0.1, 0.15) is 11.5 Å². The number of rotatable bonds is 6. The predicted octanol–water partition coefficient (Wildman–Crippen LogP) is 4.96. The van der Waals surface area contributed by atoms with Crippen molar-refractivity contribution in [2.45, 2.75) is 18.3 Å². The molecular weight excluding hydrogens is 602 g/mol. The third-order valence-electron chi connectivity index (χ3n) is 9.89. The minimum Gasteiger partial charge on any atom is -0.494 e. The van der Waals surface area contributed by atoms with E-state index in [0.29, 0.717) is 11.4 Å². The van der Waals surface area contributed by atoms with Crippen molar-refractivity contribution in [3.05, 3.63) is 123 Å². The van der Waals surface area contributed by atoms with E-state index < -0.39 is 28.6 Å². The van der Waals surface area contributed by atoms with E-state index in [9.17, 15) is 29.3 Å². The SMILES string of the molecule is COc1cc([N+](=O)[O-])ccc1N1C[C@@H](C(=O)Oc2ccc(N3C(=O)[C@@H]4C5c6ccccc6C(c6ccccc65)[C@@H]4C3=O)cc2)CC1=O. The monoisotopic (exact) mass is 629 g/mol. The second-order valence-electron chi connectivity index (χ2n) is 12.2. The van der Waals surface area contributed by atoms with Crippen molar-refractivity contribution in [3.8, 4) is 11.5 Å². The normalized spacial score (nSPS) is 23.8. The van der Waals surface area contributed by atoms with Gasteiger partial charge in [-0.15, -0.1) is 0 Å². The second kappa shape index (κ2) is 10.6. The maximum Gasteiger partial charge on any atom is 0.316 e. The average Bonchev–Trinajstić information content (AvgIpc) is 3.61. The fraction of sp³-hybridized carbons (Fsp3) is 0.222. The van der Waals surface area contributed by atoms with Crippen LogP contribution in [-0.4, -0.2) is 42.3 Å². The highest BCUT2D eigenvalue weighted by atomic mass is 16.6. The molecule has 47 heavy (non-hydrogen) atoms. The first-order valence-corrected chi connectivity index (χ1v) is 15.3. The highest BCUT2D eigenvalue weighted by Gasteiger charge is 2.61. The Morgan fingerprint density at radius 2 is 1.36 bits per heavy atom. The van der Waals surface area contributed by atoms with Crippen molar-refractivity contribution in [2.24, 2.45) is 17.8 Å². The first-order valence-electron chi connectivity index (χ1n) is 15.3. The number of hydrogen-bond acceptors (Lipinski definition) is 8. The summed E-state index contributed by atoms with van der Waals surface area (Å²) in [6, 6.07) is 26.3. The first kappa shape index (κ1) is 28.6. The van der Waals surface area contributed by atoms with Gasteiger partial charge in [-0.1, -0.05) is 48.5 Å². The molecule has 0 radical (unpaired) electrons. The third kappa shape index (κ3) is 4.26. The molecule has 0 N–H and O–H groups in total. The summed E-state index contributed by atoms with van der Waals surface area (Å²) in [4.78, 5) is 67.2. The molecule has 0 unspecified atom stereocenters. The number of imide groups is 1. The molecule has 9 rings (SSSR count). The molecule has 2 aliphatic heterocycles. The Kier molecular flexibility index (Phi) is 6.47. The number of anilines is 2. The fourth-order valence-corrected chi connectivity index (χ4v) is 7.90. The zero-order valence-electron chi connectivity index (χ0n) is 25.1. The molecule has 5 aliphatic rings. The Labute approximate surface area is 268 Å². The number of benzene rings is 4. The van der Waals surface area contributed by atoms with Crippen LogP contribution in [0.2, 0.25) is 0 Å². The van der Waals surface area contributed by atoms with Crippen LogP contribution >= 0.6 is 0 Å². The van der Waals surface area contributed by atoms with Crippen molar-refractivity contribution in [1.82, 2.24) is 0 Å². The Morgan fingerprint density at radius 1 is 0.809 bits per heavy atom. The summed E-state index contributed by atoms with van der Waals surface area (Å²) >= 11 is 0. The zero-order chi connectivity index (χ0) is 32.6. The fourth-order valence-electron chi connectivity index (χ4n) is 7.90. The number of non-ortho nitro benzene ring substituents is 1. The molecule has 11 heteroatoms. The van der Waals surface area contributed by atoms with Crippen LogP contribution in [-0.2, 0) is 19.2 Å². The van der Waals surface area contributed by atoms with E-state index in [1.165, 1.54) is 47.2 Å². The summed E-state index contributed by atoms with van der Waals surface area (Å²) in [7, 11) is 1.35. The number of ether oxygens (including phenoxy) is 2. The molecule has 234 valence electrons. The van der Waals surface area contributed by atoms with E-state index in [1.54, 1.807) is 12.1 Å². The van der Waals surface area contributed by atoms with Crippen LogP contribution in [0.1, 0.15) is 40.5 Å². The molecule has 4 aromatic rings. The van der Waals surface area contributed by atoms with Gasteiger partial charge in [0.15, 0.2) is 0 Å². The van der Waals surface area contributed by atoms with E-state index in [4.69, 9.17) is 9.47 Å². The number of amides is 3. The summed E-state index contributed by atoms with van der Waals surface area (Å²) in [5.41, 5.74) is 4.92. The molecular formula is C36H27N3O8. The average molecular weight is 630 g/mol. The van der Waals surface area contributed by atoms with Crippen molar-refractivity contribution in [3.63, 3.8) is 0 Å². The van der Waals surface area contributed by atoms with Gasteiger partial charge in [0.2, 0.25) is 17.7 Å². The number of carbonyl (C=O) groups excluding carboxylic acids is 4. The van der Waals surface area contributed by atoms with Crippen LogP contribution in [0.5, 0.6) is 11.5 Å². The number of hydrogen-bond donors (Lipinski definition) is 0. The minimum atomic E-state index is -0.786. The van der Waals surface area contributed by atoms with Crippen LogP contribution in [0, 0.1) is 27.9 Å². The smallest absolute Gasteiger partial charge is 0.316 e. The van der Waals surface area contributed by atoms with Gasteiger partial charge in [-0.25, -0.2) is 4.90 Å². The lowest BCUT2D eigenvalue weighted by molar-refractivity contribution is -0.384. The van der Waals surface area contributed by atoms with Crippen molar-refractivity contribution >= 4 is 40.8 Å². The standard InChI is InChI=1S/C36H27N3O8/c1-46-28-17-21(39(44)45)12-15-27(28)37-18-19(16-29(37)40)36(43)47-22-13-10-20(11-14-22)38-34(41)32-30-23-6-2-3-7-24(23)31(33(32)35(38)42)26-9-5-4-8-25(26)30/h2-15,17,19,30-33H,16,18H2,1H3/t19-,30?,31?,32-,33+/m0/s1. The van der Waals surface area contributed by atoms with Crippen molar-refractivity contribution in [2.75, 3.05) is 23.5 Å². The summed E-state index contributed by atoms with van der Waals surface area (Å²) in [5, 5.41) is 11.2. The Morgan fingerprint density at radius 3 is 1.87 bits per heavy atom. The molecule has 2 bridgehead atoms. The van der Waals surface area contributed by atoms with Crippen LogP contribution < -0.4 is 19.3 Å². The summed E-state index contributed by atoms with van der Waals surface area (Å²) in [6.07, 6.45) is -0.107. The number of methoxy groups -OCH3 is 1. The lowest BCUT2D eigenvalue weighted by Gasteiger charge is -2.45. The highest BCUT2D eigenvalue weighted by molar-refractivity contribution is 6.23. The zero-order valence-corrected chi connectivity index (χ0v) is 25.1. The van der Waals surface area contributed by atoms with Crippen LogP contribution in [0.3, 0.4) is 0 Å². The Bertz CT molecular complexity index is 1910. The van der Waals surface area contributed by atoms with E-state index in [2.05, 4.69) is 24.3 Å². The summed E-state index contributed by atoms with van der Waals surface area (Å²) < 4.78 is 10.9. The Hall–Kier alpha value is -5.84. The van der Waals surface area contributed by atoms with Gasteiger partial charge in [-0.2, -0.15) is 0 Å². The molecule has 4 aromatic carbocycles. The number of esters is 1. The van der Waals surface area contributed by atoms with Gasteiger partial charge in [-0.3, -0.25) is 29.3 Å². The Balaban J connectivity index is 0.999. The van der Waals surface area contributed by atoms with Gasteiger partial charge in [-0.05, 0) is 52.6 Å². The maximum absolute atomic E-state index is 14.0. The van der Waals surface area contributed by atoms with Gasteiger partial charge < -0.3 is 14.4 Å². The quantitative estimate of drug-likeness (QED) is 0.0960. The largest absolute Gasteiger partial charge is 0.494 e. The number of nitrogens with zero attached hydrogens (tertiary/aromatic N) is 3. The van der Waals surface area contributed by atoms with Crippen molar-refractivity contribution < 1.29 is 33.6 Å². The predicted molar refractivity (Wildman–Crippen MR) is 168 cm³/mol. The molecule has 3 atom stereocenters. The van der Waals surface area contributed by atoms with Crippen molar-refractivity contribution in [1.29, 1.82) is 0 Å². The molecule has 2 saturated heterocycles. The van der Waals surface area contributed by atoms with E-state index >= 15 is 0 Å². The number of nitro groups is 1. The van der Waals surface area contributed by atoms with Gasteiger partial charge in [0.05, 0.1) is 47.2 Å². The third-order valence-corrected chi connectivity index (χ3v) is 9.89. The topological polar surface area (TPSA) is 136 Å². The first-order chi connectivity index (χ1) is 22.8. The minimum absolute atomic E-state index is 0.0105. The molecule has 3 aliphatic carbocycles. The van der Waals surface area contributed by atoms with Gasteiger partial charge in [0.25, 0.3) is 5.69 Å². The van der Waals surface area contributed by atoms with E-state index in [-0.39, 0.29) is 59.7 Å². The highest BCUT2D eigenvalue weighted by Crippen LogP contribution is 2.61. The van der Waals surface area contributed by atoms with Crippen LogP contribution in [0.4, 0.5) is 17.1 Å². The molecule has 0 aromatic heterocycles. The van der Waals surface area contributed by atoms with E-state index in [0.717, 1.165) is 22.3 Å². The van der Waals surface area contributed by atoms with Crippen LogP contribution in [0.15, 0.2) is 91.0 Å². The molecule has 0 spiro atoms. The summed E-state index contributed by atoms with van der Waals surface area (Å²) in [5.74, 6) is -3.33. The molecule has 2 fully saturated rings. The second-order valence-corrected chi connectivity index (χ2v) is 12.2. The lowest BCUT2D eigenvalue weighted by Crippen LogP contribution is -2.41. The summed E-state index contributed by atoms with van der Waals surface area (Å²) in [6.45, 7) is 0.0105. The van der Waals surface area contributed by atoms with E-state index in [1.807, 2.05) is 24.3 Å². The molecule has 11 nitrogen and oxygen atoms in total. The lowest BCUT2D eigenvalue weighted by atomic mass is 9.55. The maximum atomic E-state index is 14.0. The number of nitro benzene ring substituents is 1.